The second-order valence-electron chi connectivity index (χ2n) is 6.95. The van der Waals surface area contributed by atoms with Crippen molar-refractivity contribution in [3.8, 4) is 0 Å². The normalized spacial score (nSPS) is 11.8. The summed E-state index contributed by atoms with van der Waals surface area (Å²) in [6, 6.07) is 10.3. The molecule has 0 radical (unpaired) electrons. The Morgan fingerprint density at radius 2 is 1.86 bits per heavy atom. The lowest BCUT2D eigenvalue weighted by Crippen LogP contribution is -2.43. The van der Waals surface area contributed by atoms with E-state index in [0.717, 1.165) is 11.6 Å². The third-order valence-corrected chi connectivity index (χ3v) is 4.59. The highest BCUT2D eigenvalue weighted by Gasteiger charge is 2.19. The van der Waals surface area contributed by atoms with Gasteiger partial charge in [0.15, 0.2) is 0 Å². The van der Waals surface area contributed by atoms with Gasteiger partial charge in [-0.2, -0.15) is 0 Å². The standard InChI is InChI=1S/C22H27F2N3O2/c1-4-11-27(14-21(28)26-20-8-6-5-7-15(20)2)22(29)13-25-16(3)18-10-9-17(23)12-19(18)24/h5-10,12,16,25H,4,11,13-14H2,1-3H3,(H,26,28). The molecular formula is C22H27F2N3O2. The number of para-hydroxylation sites is 1. The van der Waals surface area contributed by atoms with Gasteiger partial charge < -0.3 is 15.5 Å². The molecule has 0 aliphatic rings. The van der Waals surface area contributed by atoms with Gasteiger partial charge in [-0.05, 0) is 38.0 Å². The van der Waals surface area contributed by atoms with Gasteiger partial charge >= 0.3 is 0 Å². The van der Waals surface area contributed by atoms with Gasteiger partial charge in [0.25, 0.3) is 0 Å². The van der Waals surface area contributed by atoms with E-state index in [1.54, 1.807) is 13.0 Å². The lowest BCUT2D eigenvalue weighted by molar-refractivity contribution is -0.134. The highest BCUT2D eigenvalue weighted by molar-refractivity contribution is 5.95. The fourth-order valence-corrected chi connectivity index (χ4v) is 2.95. The van der Waals surface area contributed by atoms with Crippen LogP contribution in [0.4, 0.5) is 14.5 Å². The SMILES string of the molecule is CCCN(CC(=O)Nc1ccccc1C)C(=O)CNC(C)c1ccc(F)cc1F. The zero-order chi connectivity index (χ0) is 21.4. The molecule has 0 spiro atoms. The number of nitrogens with zero attached hydrogens (tertiary/aromatic N) is 1. The molecule has 29 heavy (non-hydrogen) atoms. The number of benzene rings is 2. The topological polar surface area (TPSA) is 61.4 Å². The molecule has 2 aromatic carbocycles. The van der Waals surface area contributed by atoms with Crippen molar-refractivity contribution < 1.29 is 18.4 Å². The van der Waals surface area contributed by atoms with Crippen LogP contribution < -0.4 is 10.6 Å². The maximum Gasteiger partial charge on any atom is 0.244 e. The van der Waals surface area contributed by atoms with E-state index in [2.05, 4.69) is 10.6 Å². The first kappa shape index (κ1) is 22.5. The Bertz CT molecular complexity index is 858. The second kappa shape index (κ2) is 10.7. The van der Waals surface area contributed by atoms with Gasteiger partial charge in [0, 0.05) is 29.9 Å². The number of carbonyl (C=O) groups excluding carboxylic acids is 2. The Kier molecular flexibility index (Phi) is 8.27. The zero-order valence-electron chi connectivity index (χ0n) is 17.0. The van der Waals surface area contributed by atoms with E-state index < -0.39 is 17.7 Å². The Morgan fingerprint density at radius 3 is 2.52 bits per heavy atom. The molecule has 0 fully saturated rings. The number of rotatable bonds is 9. The summed E-state index contributed by atoms with van der Waals surface area (Å²) in [6.45, 7) is 5.81. The lowest BCUT2D eigenvalue weighted by Gasteiger charge is -2.23. The summed E-state index contributed by atoms with van der Waals surface area (Å²) in [5, 5.41) is 5.76. The number of hydrogen-bond acceptors (Lipinski definition) is 3. The van der Waals surface area contributed by atoms with E-state index in [0.29, 0.717) is 18.7 Å². The quantitative estimate of drug-likeness (QED) is 0.670. The molecule has 0 bridgehead atoms. The van der Waals surface area contributed by atoms with Crippen LogP contribution in [0.1, 0.15) is 37.4 Å². The molecule has 1 atom stereocenters. The van der Waals surface area contributed by atoms with Crippen LogP contribution in [-0.4, -0.2) is 36.3 Å². The molecule has 5 nitrogen and oxygen atoms in total. The van der Waals surface area contributed by atoms with Crippen LogP contribution >= 0.6 is 0 Å². The zero-order valence-corrected chi connectivity index (χ0v) is 17.0. The molecule has 0 saturated heterocycles. The number of nitrogens with one attached hydrogen (secondary N) is 2. The molecule has 0 aromatic heterocycles. The van der Waals surface area contributed by atoms with Crippen molar-refractivity contribution in [3.05, 3.63) is 65.2 Å². The molecule has 0 heterocycles. The minimum absolute atomic E-state index is 0.0599. The van der Waals surface area contributed by atoms with E-state index in [4.69, 9.17) is 0 Å². The lowest BCUT2D eigenvalue weighted by atomic mass is 10.1. The first-order valence-electron chi connectivity index (χ1n) is 9.63. The van der Waals surface area contributed by atoms with Crippen molar-refractivity contribution in [1.29, 1.82) is 0 Å². The Balaban J connectivity index is 1.94. The Morgan fingerprint density at radius 1 is 1.14 bits per heavy atom. The Hall–Kier alpha value is -2.80. The van der Waals surface area contributed by atoms with Crippen molar-refractivity contribution in [2.45, 2.75) is 33.2 Å². The minimum Gasteiger partial charge on any atom is -0.332 e. The smallest absolute Gasteiger partial charge is 0.244 e. The highest BCUT2D eigenvalue weighted by atomic mass is 19.1. The highest BCUT2D eigenvalue weighted by Crippen LogP contribution is 2.17. The molecule has 2 aromatic rings. The fraction of sp³-hybridized carbons (Fsp3) is 0.364. The molecule has 2 N–H and O–H groups in total. The predicted molar refractivity (Wildman–Crippen MR) is 109 cm³/mol. The van der Waals surface area contributed by atoms with Crippen molar-refractivity contribution >= 4 is 17.5 Å². The second-order valence-corrected chi connectivity index (χ2v) is 6.95. The average Bonchev–Trinajstić information content (AvgIpc) is 2.67. The van der Waals surface area contributed by atoms with Gasteiger partial charge in [0.05, 0.1) is 13.1 Å². The summed E-state index contributed by atoms with van der Waals surface area (Å²) in [4.78, 5) is 26.4. The average molecular weight is 403 g/mol. The van der Waals surface area contributed by atoms with E-state index in [-0.39, 0.29) is 30.5 Å². The molecule has 1 unspecified atom stereocenters. The third kappa shape index (κ3) is 6.64. The molecular weight excluding hydrogens is 376 g/mol. The number of aryl methyl sites for hydroxylation is 1. The molecule has 156 valence electrons. The molecule has 0 aliphatic heterocycles. The molecule has 0 aliphatic carbocycles. The molecule has 2 rings (SSSR count). The van der Waals surface area contributed by atoms with E-state index >= 15 is 0 Å². The maximum absolute atomic E-state index is 13.9. The summed E-state index contributed by atoms with van der Waals surface area (Å²) in [5.74, 6) is -1.86. The summed E-state index contributed by atoms with van der Waals surface area (Å²) in [5.41, 5.74) is 1.92. The van der Waals surface area contributed by atoms with Gasteiger partial charge in [-0.25, -0.2) is 8.78 Å². The summed E-state index contributed by atoms with van der Waals surface area (Å²) >= 11 is 0. The van der Waals surface area contributed by atoms with Crippen molar-refractivity contribution in [2.24, 2.45) is 0 Å². The number of halogens is 2. The maximum atomic E-state index is 13.9. The van der Waals surface area contributed by atoms with E-state index in [1.807, 2.05) is 32.0 Å². The monoisotopic (exact) mass is 403 g/mol. The van der Waals surface area contributed by atoms with Gasteiger partial charge in [0.1, 0.15) is 11.6 Å². The molecule has 7 heteroatoms. The van der Waals surface area contributed by atoms with Gasteiger partial charge in [-0.15, -0.1) is 0 Å². The molecule has 0 saturated carbocycles. The van der Waals surface area contributed by atoms with Crippen LogP contribution in [0.3, 0.4) is 0 Å². The number of carbonyl (C=O) groups is 2. The van der Waals surface area contributed by atoms with Gasteiger partial charge in [-0.3, -0.25) is 9.59 Å². The predicted octanol–water partition coefficient (Wildman–Crippen LogP) is 3.80. The van der Waals surface area contributed by atoms with Crippen LogP contribution in [0, 0.1) is 18.6 Å². The first-order chi connectivity index (χ1) is 13.8. The number of hydrogen-bond donors (Lipinski definition) is 2. The summed E-state index contributed by atoms with van der Waals surface area (Å²) < 4.78 is 26.9. The molecule has 2 amide bonds. The summed E-state index contributed by atoms with van der Waals surface area (Å²) in [6.07, 6.45) is 0.700. The minimum atomic E-state index is -0.666. The fourth-order valence-electron chi connectivity index (χ4n) is 2.95. The van der Waals surface area contributed by atoms with Gasteiger partial charge in [-0.1, -0.05) is 31.2 Å². The van der Waals surface area contributed by atoms with Crippen LogP contribution in [-0.2, 0) is 9.59 Å². The largest absolute Gasteiger partial charge is 0.332 e. The van der Waals surface area contributed by atoms with Crippen LogP contribution in [0.2, 0.25) is 0 Å². The van der Waals surface area contributed by atoms with Crippen LogP contribution in [0.5, 0.6) is 0 Å². The number of anilines is 1. The van der Waals surface area contributed by atoms with Crippen molar-refractivity contribution in [1.82, 2.24) is 10.2 Å². The number of amides is 2. The summed E-state index contributed by atoms with van der Waals surface area (Å²) in [7, 11) is 0. The Labute approximate surface area is 170 Å². The van der Waals surface area contributed by atoms with Crippen molar-refractivity contribution in [2.75, 3.05) is 25.0 Å². The first-order valence-corrected chi connectivity index (χ1v) is 9.63. The van der Waals surface area contributed by atoms with Crippen LogP contribution in [0.25, 0.3) is 0 Å². The van der Waals surface area contributed by atoms with Gasteiger partial charge in [0.2, 0.25) is 11.8 Å². The van der Waals surface area contributed by atoms with Crippen molar-refractivity contribution in [3.63, 3.8) is 0 Å². The van der Waals surface area contributed by atoms with E-state index in [9.17, 15) is 18.4 Å². The van der Waals surface area contributed by atoms with Crippen LogP contribution in [0.15, 0.2) is 42.5 Å². The van der Waals surface area contributed by atoms with E-state index in [1.165, 1.54) is 17.0 Å². The third-order valence-electron chi connectivity index (χ3n) is 4.59.